The molecule has 12 rings (SSSR count). The first-order valence-electron chi connectivity index (χ1n) is 23.4. The highest BCUT2D eigenvalue weighted by Crippen LogP contribution is 2.41. The summed E-state index contributed by atoms with van der Waals surface area (Å²) in [5, 5.41) is 18.9. The SMILES string of the molecule is CN.Fc1ccc(-c2noc3cc(Br)ccc23)cc1.O=C(N[C@H]1CC(=O)N(c2ccc3c(-c4ccc(F)cc4)noc3c2)[C@@H]1c1ccccc1)C1CC1.O=C1C[C@H](NC(=O)C2CC2)[C@@H](c2ccccc2)N1.[HH]. The Hall–Kier alpha value is -7.56. The minimum Gasteiger partial charge on any atom is -0.356 e. The lowest BCUT2D eigenvalue weighted by atomic mass is 9.99. The number of benzene rings is 6. The van der Waals surface area contributed by atoms with Gasteiger partial charge in [0, 0.05) is 64.2 Å². The van der Waals surface area contributed by atoms with Crippen LogP contribution in [-0.2, 0) is 19.2 Å². The molecule has 4 atom stereocenters. The van der Waals surface area contributed by atoms with Gasteiger partial charge in [-0.15, -0.1) is 0 Å². The van der Waals surface area contributed by atoms with Crippen molar-refractivity contribution in [3.05, 3.63) is 173 Å². The molecule has 4 fully saturated rings. The van der Waals surface area contributed by atoms with Gasteiger partial charge in [-0.3, -0.25) is 19.2 Å². The van der Waals surface area contributed by atoms with E-state index in [1.165, 1.54) is 31.3 Å². The van der Waals surface area contributed by atoms with E-state index < -0.39 is 0 Å². The quantitative estimate of drug-likeness (QED) is 0.109. The Bertz CT molecular complexity index is 3170. The molecule has 0 unspecified atom stereocenters. The molecule has 0 radical (unpaired) electrons. The van der Waals surface area contributed by atoms with Crippen molar-refractivity contribution in [1.29, 1.82) is 0 Å². The first kappa shape index (κ1) is 48.5. The zero-order valence-electron chi connectivity index (χ0n) is 38.6. The van der Waals surface area contributed by atoms with Gasteiger partial charge in [0.1, 0.15) is 23.0 Å². The minimum absolute atomic E-state index is 0. The van der Waals surface area contributed by atoms with Gasteiger partial charge in [-0.05, 0) is 123 Å². The second kappa shape index (κ2) is 21.6. The standard InChI is InChI=1S/C27H22FN3O3.C14H16N2O2.C13H7BrFNO.CH5N.H2/c28-19-10-8-16(9-11-19)25-21-13-12-20(14-23(21)34-30-25)31-24(32)15-22(29-27(33)18-6-7-18)26(31)17-4-2-1-3-5-17;17-12-8-11(15-14(18)10-6-7-10)13(16-12)9-4-2-1-3-5-9;14-9-3-6-11-12(7-9)17-16-13(11)8-1-4-10(15)5-2-8;1-2;/h1-5,8-14,18,22,26H,6-7,15H2,(H,29,33);1-5,10-11,13H,6-8H2,(H,15,18)(H,16,17);1-7H;2H2,1H3;1H/t22-,26+;11-,13+;;;/m00.../s1. The highest BCUT2D eigenvalue weighted by atomic mass is 79.9. The van der Waals surface area contributed by atoms with Crippen molar-refractivity contribution in [2.75, 3.05) is 11.9 Å². The fourth-order valence-corrected chi connectivity index (χ4v) is 9.21. The van der Waals surface area contributed by atoms with E-state index in [9.17, 15) is 28.0 Å². The van der Waals surface area contributed by atoms with Gasteiger partial charge >= 0.3 is 0 Å². The van der Waals surface area contributed by atoms with Gasteiger partial charge in [-0.25, -0.2) is 8.78 Å². The number of carbonyl (C=O) groups is 4. The zero-order chi connectivity index (χ0) is 49.6. The summed E-state index contributed by atoms with van der Waals surface area (Å²) < 4.78 is 37.9. The van der Waals surface area contributed by atoms with Crippen LogP contribution in [0.3, 0.4) is 0 Å². The highest BCUT2D eigenvalue weighted by molar-refractivity contribution is 9.10. The smallest absolute Gasteiger partial charge is 0.229 e. The Balaban J connectivity index is 0.000000154. The lowest BCUT2D eigenvalue weighted by molar-refractivity contribution is -0.124. The second-order valence-electron chi connectivity index (χ2n) is 17.7. The van der Waals surface area contributed by atoms with Gasteiger partial charge in [0.15, 0.2) is 11.2 Å². The van der Waals surface area contributed by atoms with Crippen molar-refractivity contribution in [3.63, 3.8) is 0 Å². The van der Waals surface area contributed by atoms with Crippen LogP contribution < -0.4 is 26.6 Å². The summed E-state index contributed by atoms with van der Waals surface area (Å²) in [4.78, 5) is 50.8. The number of carbonyl (C=O) groups excluding carboxylic acids is 4. The molecule has 2 aromatic heterocycles. The number of halogens is 3. The van der Waals surface area contributed by atoms with Crippen molar-refractivity contribution in [2.24, 2.45) is 17.6 Å². The van der Waals surface area contributed by atoms with Crippen LogP contribution in [0.1, 0.15) is 63.2 Å². The molecule has 5 N–H and O–H groups in total. The second-order valence-corrected chi connectivity index (χ2v) is 18.6. The number of anilines is 1. The zero-order valence-corrected chi connectivity index (χ0v) is 40.2. The molecule has 8 aromatic rings. The Kier molecular flexibility index (Phi) is 14.7. The van der Waals surface area contributed by atoms with E-state index in [1.807, 2.05) is 91.0 Å². The molecule has 364 valence electrons. The number of aromatic nitrogens is 2. The van der Waals surface area contributed by atoms with Gasteiger partial charge in [-0.2, -0.15) is 0 Å². The summed E-state index contributed by atoms with van der Waals surface area (Å²) in [6.07, 6.45) is 4.38. The van der Waals surface area contributed by atoms with Crippen LogP contribution in [0.25, 0.3) is 44.5 Å². The van der Waals surface area contributed by atoms with E-state index in [0.717, 1.165) is 68.9 Å². The van der Waals surface area contributed by atoms with Crippen molar-refractivity contribution in [1.82, 2.24) is 26.3 Å². The molecule has 2 aliphatic carbocycles. The average molecular weight is 1020 g/mol. The summed E-state index contributed by atoms with van der Waals surface area (Å²) in [6.45, 7) is 0. The summed E-state index contributed by atoms with van der Waals surface area (Å²) in [5.74, 6) is -0.274. The predicted octanol–water partition coefficient (Wildman–Crippen LogP) is 10.4. The van der Waals surface area contributed by atoms with Crippen LogP contribution in [-0.4, -0.2) is 53.1 Å². The highest BCUT2D eigenvalue weighted by Gasteiger charge is 2.44. The minimum atomic E-state index is -0.326. The molecule has 2 saturated carbocycles. The first-order chi connectivity index (χ1) is 34.6. The average Bonchev–Trinajstić information content (AvgIpc) is 4.29. The van der Waals surface area contributed by atoms with Crippen molar-refractivity contribution < 1.29 is 38.4 Å². The van der Waals surface area contributed by atoms with E-state index in [1.54, 1.807) is 35.2 Å². The third-order valence-electron chi connectivity index (χ3n) is 12.7. The van der Waals surface area contributed by atoms with Crippen LogP contribution in [0.15, 0.2) is 159 Å². The number of rotatable bonds is 9. The normalized spacial score (nSPS) is 19.1. The topological polar surface area (TPSA) is 186 Å². The van der Waals surface area contributed by atoms with Crippen LogP contribution >= 0.6 is 15.9 Å². The first-order valence-corrected chi connectivity index (χ1v) is 24.2. The number of nitrogens with zero attached hydrogens (tertiary/aromatic N) is 3. The number of nitrogens with one attached hydrogen (secondary N) is 3. The maximum atomic E-state index is 13.3. The van der Waals surface area contributed by atoms with E-state index in [-0.39, 0.29) is 79.1 Å². The lowest BCUT2D eigenvalue weighted by Crippen LogP contribution is -2.40. The molecule has 71 heavy (non-hydrogen) atoms. The number of hydrogen-bond donors (Lipinski definition) is 4. The molecule has 0 bridgehead atoms. The summed E-state index contributed by atoms with van der Waals surface area (Å²) in [7, 11) is 1.50. The molecule has 0 spiro atoms. The Morgan fingerprint density at radius 3 is 1.68 bits per heavy atom. The van der Waals surface area contributed by atoms with Gasteiger partial charge in [0.05, 0.1) is 24.2 Å². The molecule has 16 heteroatoms. The maximum absolute atomic E-state index is 13.3. The van der Waals surface area contributed by atoms with Gasteiger partial charge in [-0.1, -0.05) is 86.9 Å². The summed E-state index contributed by atoms with van der Waals surface area (Å²) in [6, 6.07) is 42.2. The Morgan fingerprint density at radius 2 is 1.14 bits per heavy atom. The summed E-state index contributed by atoms with van der Waals surface area (Å²) >= 11 is 3.37. The van der Waals surface area contributed by atoms with Gasteiger partial charge < -0.3 is 35.6 Å². The molecular weight excluding hydrogens is 973 g/mol. The fourth-order valence-electron chi connectivity index (χ4n) is 8.87. The van der Waals surface area contributed by atoms with Crippen molar-refractivity contribution in [3.8, 4) is 22.5 Å². The fraction of sp³-hybridized carbons (Fsp3) is 0.236. The summed E-state index contributed by atoms with van der Waals surface area (Å²) in [5.41, 5.74) is 11.3. The molecule has 2 saturated heterocycles. The van der Waals surface area contributed by atoms with E-state index in [2.05, 4.69) is 47.9 Å². The van der Waals surface area contributed by atoms with Crippen molar-refractivity contribution >= 4 is 67.2 Å². The molecule has 6 aromatic carbocycles. The predicted molar refractivity (Wildman–Crippen MR) is 271 cm³/mol. The van der Waals surface area contributed by atoms with Crippen LogP contribution in [0, 0.1) is 23.5 Å². The monoisotopic (exact) mass is 1020 g/mol. The van der Waals surface area contributed by atoms with Crippen molar-refractivity contribution in [2.45, 2.75) is 62.7 Å². The Labute approximate surface area is 417 Å². The van der Waals surface area contributed by atoms with E-state index in [0.29, 0.717) is 29.0 Å². The number of hydrogen-bond acceptors (Lipinski definition) is 9. The molecular formula is C55H52BrF2N7O6. The Morgan fingerprint density at radius 1 is 0.648 bits per heavy atom. The number of nitrogens with two attached hydrogens (primary N) is 1. The number of amides is 4. The lowest BCUT2D eigenvalue weighted by Gasteiger charge is -2.29. The van der Waals surface area contributed by atoms with E-state index in [4.69, 9.17) is 9.05 Å². The maximum Gasteiger partial charge on any atom is 0.229 e. The van der Waals surface area contributed by atoms with Crippen LogP contribution in [0.4, 0.5) is 14.5 Å². The molecule has 13 nitrogen and oxygen atoms in total. The molecule has 4 amide bonds. The van der Waals surface area contributed by atoms with Gasteiger partial charge in [0.25, 0.3) is 0 Å². The third kappa shape index (κ3) is 11.2. The molecule has 2 aliphatic heterocycles. The number of fused-ring (bicyclic) bond motifs is 2. The van der Waals surface area contributed by atoms with Crippen LogP contribution in [0.5, 0.6) is 0 Å². The molecule has 4 aliphatic rings. The van der Waals surface area contributed by atoms with Gasteiger partial charge in [0.2, 0.25) is 23.6 Å². The molecule has 4 heterocycles. The third-order valence-corrected chi connectivity index (χ3v) is 13.2. The largest absolute Gasteiger partial charge is 0.356 e. The van der Waals surface area contributed by atoms with Crippen LogP contribution in [0.2, 0.25) is 0 Å². The van der Waals surface area contributed by atoms with E-state index >= 15 is 0 Å².